The minimum atomic E-state index is 0.769. The molecule has 0 aliphatic rings. The molecule has 0 spiro atoms. The Balaban J connectivity index is 3.75. The maximum Gasteiger partial charge on any atom is 0.0593 e. The van der Waals surface area contributed by atoms with Gasteiger partial charge in [0, 0.05) is 12.3 Å². The summed E-state index contributed by atoms with van der Waals surface area (Å²) in [5.41, 5.74) is 0. The molecule has 0 rings (SSSR count). The van der Waals surface area contributed by atoms with Crippen molar-refractivity contribution in [2.45, 2.75) is 40.5 Å². The van der Waals surface area contributed by atoms with Gasteiger partial charge in [-0.3, -0.25) is 0 Å². The normalized spacial score (nSPS) is 12.0. The van der Waals surface area contributed by atoms with E-state index >= 15 is 0 Å². The third-order valence-electron chi connectivity index (χ3n) is 2.83. The van der Waals surface area contributed by atoms with E-state index in [9.17, 15) is 0 Å². The van der Waals surface area contributed by atoms with Crippen LogP contribution in [0.1, 0.15) is 40.5 Å². The monoisotopic (exact) mass is 261 g/mol. The standard InChI is InChI=1S/C14H31NOS/c1-13(2)5-7-15(8-6-14(3)4)9-10-16-11-12-17/h13-14,17H,5-12H2,1-4H3. The second-order valence-corrected chi connectivity index (χ2v) is 5.99. The largest absolute Gasteiger partial charge is 0.379 e. The number of rotatable bonds is 11. The number of nitrogens with zero attached hydrogens (tertiary/aromatic N) is 1. The molecule has 2 nitrogen and oxygen atoms in total. The lowest BCUT2D eigenvalue weighted by Gasteiger charge is -2.24. The van der Waals surface area contributed by atoms with Crippen molar-refractivity contribution >= 4 is 12.6 Å². The van der Waals surface area contributed by atoms with Gasteiger partial charge in [0.1, 0.15) is 0 Å². The van der Waals surface area contributed by atoms with Crippen LogP contribution in [0.4, 0.5) is 0 Å². The molecular weight excluding hydrogens is 230 g/mol. The third kappa shape index (κ3) is 12.5. The molecule has 3 heteroatoms. The van der Waals surface area contributed by atoms with Gasteiger partial charge in [-0.2, -0.15) is 12.6 Å². The SMILES string of the molecule is CC(C)CCN(CCOCCS)CCC(C)C. The molecule has 0 saturated carbocycles. The van der Waals surface area contributed by atoms with Gasteiger partial charge in [-0.25, -0.2) is 0 Å². The van der Waals surface area contributed by atoms with E-state index in [2.05, 4.69) is 45.2 Å². The molecule has 0 aromatic rings. The van der Waals surface area contributed by atoms with Crippen LogP contribution in [0.2, 0.25) is 0 Å². The highest BCUT2D eigenvalue weighted by Gasteiger charge is 2.07. The van der Waals surface area contributed by atoms with Gasteiger partial charge in [0.05, 0.1) is 13.2 Å². The van der Waals surface area contributed by atoms with Crippen LogP contribution in [0.3, 0.4) is 0 Å². The van der Waals surface area contributed by atoms with Crippen molar-refractivity contribution in [2.24, 2.45) is 11.8 Å². The molecular formula is C14H31NOS. The fourth-order valence-electron chi connectivity index (χ4n) is 1.58. The average Bonchev–Trinajstić information content (AvgIpc) is 2.26. The highest BCUT2D eigenvalue weighted by atomic mass is 32.1. The highest BCUT2D eigenvalue weighted by Crippen LogP contribution is 2.06. The summed E-state index contributed by atoms with van der Waals surface area (Å²) in [5, 5.41) is 0. The van der Waals surface area contributed by atoms with Crippen LogP contribution >= 0.6 is 12.6 Å². The zero-order valence-corrected chi connectivity index (χ0v) is 13.0. The van der Waals surface area contributed by atoms with Crippen molar-refractivity contribution < 1.29 is 4.74 Å². The van der Waals surface area contributed by atoms with E-state index in [0.717, 1.165) is 37.3 Å². The summed E-state index contributed by atoms with van der Waals surface area (Å²) in [5.74, 6) is 2.39. The third-order valence-corrected chi connectivity index (χ3v) is 3.02. The van der Waals surface area contributed by atoms with Gasteiger partial charge >= 0.3 is 0 Å². The van der Waals surface area contributed by atoms with Gasteiger partial charge in [0.15, 0.2) is 0 Å². The molecule has 0 heterocycles. The molecule has 0 saturated heterocycles. The van der Waals surface area contributed by atoms with E-state index < -0.39 is 0 Å². The van der Waals surface area contributed by atoms with E-state index in [0.29, 0.717) is 0 Å². The van der Waals surface area contributed by atoms with Gasteiger partial charge in [0.25, 0.3) is 0 Å². The van der Waals surface area contributed by atoms with E-state index in [-0.39, 0.29) is 0 Å². The first-order valence-electron chi connectivity index (χ1n) is 6.97. The molecule has 0 unspecified atom stereocenters. The molecule has 17 heavy (non-hydrogen) atoms. The Kier molecular flexibility index (Phi) is 11.5. The average molecular weight is 261 g/mol. The van der Waals surface area contributed by atoms with E-state index in [1.807, 2.05) is 0 Å². The van der Waals surface area contributed by atoms with Crippen molar-refractivity contribution in [1.82, 2.24) is 4.90 Å². The summed E-state index contributed by atoms with van der Waals surface area (Å²) in [7, 11) is 0. The predicted molar refractivity (Wildman–Crippen MR) is 80.0 cm³/mol. The molecule has 0 radical (unpaired) electrons. The van der Waals surface area contributed by atoms with Crippen LogP contribution in [0.5, 0.6) is 0 Å². The molecule has 0 fully saturated rings. The van der Waals surface area contributed by atoms with Crippen molar-refractivity contribution in [1.29, 1.82) is 0 Å². The minimum absolute atomic E-state index is 0.769. The van der Waals surface area contributed by atoms with Crippen LogP contribution in [-0.2, 0) is 4.74 Å². The molecule has 0 bridgehead atoms. The lowest BCUT2D eigenvalue weighted by molar-refractivity contribution is 0.111. The molecule has 0 aliphatic carbocycles. The zero-order chi connectivity index (χ0) is 13.1. The van der Waals surface area contributed by atoms with Gasteiger partial charge in [-0.15, -0.1) is 0 Å². The molecule has 104 valence electrons. The fourth-order valence-corrected chi connectivity index (χ4v) is 1.71. The summed E-state index contributed by atoms with van der Waals surface area (Å²) < 4.78 is 5.51. The summed E-state index contributed by atoms with van der Waals surface area (Å²) in [6.07, 6.45) is 2.56. The Morgan fingerprint density at radius 2 is 1.41 bits per heavy atom. The first kappa shape index (κ1) is 17.3. The molecule has 0 aliphatic heterocycles. The lowest BCUT2D eigenvalue weighted by Crippen LogP contribution is -2.31. The number of hydrogen-bond donors (Lipinski definition) is 1. The summed E-state index contributed by atoms with van der Waals surface area (Å²) >= 11 is 4.14. The Hall–Kier alpha value is 0.270. The van der Waals surface area contributed by atoms with Gasteiger partial charge < -0.3 is 9.64 Å². The molecule has 0 N–H and O–H groups in total. The topological polar surface area (TPSA) is 12.5 Å². The quantitative estimate of drug-likeness (QED) is 0.452. The number of hydrogen-bond acceptors (Lipinski definition) is 3. The second-order valence-electron chi connectivity index (χ2n) is 5.54. The maximum absolute atomic E-state index is 5.51. The van der Waals surface area contributed by atoms with Crippen molar-refractivity contribution in [3.63, 3.8) is 0 Å². The Morgan fingerprint density at radius 1 is 0.882 bits per heavy atom. The van der Waals surface area contributed by atoms with Crippen molar-refractivity contribution in [2.75, 3.05) is 38.6 Å². The zero-order valence-electron chi connectivity index (χ0n) is 12.1. The van der Waals surface area contributed by atoms with E-state index in [1.54, 1.807) is 0 Å². The van der Waals surface area contributed by atoms with E-state index in [1.165, 1.54) is 25.9 Å². The van der Waals surface area contributed by atoms with E-state index in [4.69, 9.17) is 4.74 Å². The maximum atomic E-state index is 5.51. The summed E-state index contributed by atoms with van der Waals surface area (Å²) in [4.78, 5) is 2.54. The number of ether oxygens (including phenoxy) is 1. The molecule has 0 atom stereocenters. The van der Waals surface area contributed by atoms with Crippen LogP contribution in [0.25, 0.3) is 0 Å². The van der Waals surface area contributed by atoms with Crippen molar-refractivity contribution in [3.8, 4) is 0 Å². The number of thiol groups is 1. The van der Waals surface area contributed by atoms with Crippen molar-refractivity contribution in [3.05, 3.63) is 0 Å². The summed E-state index contributed by atoms with van der Waals surface area (Å²) in [6.45, 7) is 14.2. The van der Waals surface area contributed by atoms with Crippen LogP contribution in [0.15, 0.2) is 0 Å². The van der Waals surface area contributed by atoms with Gasteiger partial charge in [0.2, 0.25) is 0 Å². The molecule has 0 amide bonds. The lowest BCUT2D eigenvalue weighted by atomic mass is 10.1. The summed E-state index contributed by atoms with van der Waals surface area (Å²) in [6, 6.07) is 0. The second kappa shape index (κ2) is 11.4. The first-order valence-corrected chi connectivity index (χ1v) is 7.60. The first-order chi connectivity index (χ1) is 8.06. The van der Waals surface area contributed by atoms with Gasteiger partial charge in [-0.1, -0.05) is 27.7 Å². The van der Waals surface area contributed by atoms with Crippen LogP contribution in [0, 0.1) is 11.8 Å². The smallest absolute Gasteiger partial charge is 0.0593 e. The molecule has 0 aromatic heterocycles. The Morgan fingerprint density at radius 3 is 1.82 bits per heavy atom. The molecule has 0 aromatic carbocycles. The highest BCUT2D eigenvalue weighted by molar-refractivity contribution is 7.80. The van der Waals surface area contributed by atoms with Crippen LogP contribution < -0.4 is 0 Å². The Bertz CT molecular complexity index is 150. The van der Waals surface area contributed by atoms with Crippen LogP contribution in [-0.4, -0.2) is 43.5 Å². The minimum Gasteiger partial charge on any atom is -0.379 e. The predicted octanol–water partition coefficient (Wildman–Crippen LogP) is 3.33. The van der Waals surface area contributed by atoms with Gasteiger partial charge in [-0.05, 0) is 37.8 Å². The fraction of sp³-hybridized carbons (Fsp3) is 1.00. The Labute approximate surface area is 114 Å².